The van der Waals surface area contributed by atoms with Gasteiger partial charge in [0.05, 0.1) is 29.1 Å². The second-order valence-corrected chi connectivity index (χ2v) is 5.39. The van der Waals surface area contributed by atoms with E-state index in [1.165, 1.54) is 0 Å². The van der Waals surface area contributed by atoms with Crippen LogP contribution in [-0.2, 0) is 0 Å². The molecule has 0 radical (unpaired) electrons. The van der Waals surface area contributed by atoms with Gasteiger partial charge in [0.25, 0.3) is 5.91 Å². The van der Waals surface area contributed by atoms with Crippen LogP contribution < -0.4 is 0 Å². The Morgan fingerprint density at radius 2 is 1.75 bits per heavy atom. The molecule has 1 amide bonds. The van der Waals surface area contributed by atoms with Crippen LogP contribution in [0, 0.1) is 6.57 Å². The summed E-state index contributed by atoms with van der Waals surface area (Å²) in [5, 5.41) is 10.3. The number of rotatable bonds is 2. The lowest BCUT2D eigenvalue weighted by atomic mass is 10.00. The minimum absolute atomic E-state index is 0.0957. The standard InChI is InChI=1S/C19H11N3O2/c1-20-13-9-5-8-12(10-13)17-15-14(18(23)22-17)16(21-19(15)24)11-6-3-2-4-7-11/h2-10,22-23H. The molecule has 0 aliphatic carbocycles. The number of hydrogen-bond acceptors (Lipinski definition) is 2. The third-order valence-electron chi connectivity index (χ3n) is 3.96. The van der Waals surface area contributed by atoms with E-state index in [2.05, 4.69) is 14.8 Å². The van der Waals surface area contributed by atoms with E-state index in [0.29, 0.717) is 33.8 Å². The number of carbonyl (C=O) groups excluding carboxylic acids is 1. The molecule has 5 heteroatoms. The number of carbonyl (C=O) groups is 1. The first-order valence-corrected chi connectivity index (χ1v) is 7.30. The lowest BCUT2D eigenvalue weighted by Gasteiger charge is -2.00. The zero-order valence-electron chi connectivity index (χ0n) is 12.4. The molecule has 0 fully saturated rings. The third-order valence-corrected chi connectivity index (χ3v) is 3.96. The average molecular weight is 313 g/mol. The Bertz CT molecular complexity index is 1040. The minimum Gasteiger partial charge on any atom is -0.494 e. The first-order valence-electron chi connectivity index (χ1n) is 7.30. The Morgan fingerprint density at radius 1 is 1.00 bits per heavy atom. The lowest BCUT2D eigenvalue weighted by molar-refractivity contribution is 0.101. The summed E-state index contributed by atoms with van der Waals surface area (Å²) in [7, 11) is 0. The van der Waals surface area contributed by atoms with Gasteiger partial charge in [-0.05, 0) is 11.6 Å². The van der Waals surface area contributed by atoms with E-state index in [1.807, 2.05) is 30.3 Å². The SMILES string of the molecule is [C-]#[N+]c1cccc(-c2[nH]c(O)c3c2C(=O)N=C3c2ccccc2)c1. The van der Waals surface area contributed by atoms with Crippen LogP contribution in [0.4, 0.5) is 5.69 Å². The van der Waals surface area contributed by atoms with Gasteiger partial charge < -0.3 is 10.1 Å². The van der Waals surface area contributed by atoms with Crippen molar-refractivity contribution >= 4 is 17.3 Å². The zero-order chi connectivity index (χ0) is 16.7. The Labute approximate surface area is 137 Å². The maximum absolute atomic E-state index is 12.4. The highest BCUT2D eigenvalue weighted by Crippen LogP contribution is 2.38. The zero-order valence-corrected chi connectivity index (χ0v) is 12.4. The van der Waals surface area contributed by atoms with Gasteiger partial charge in [-0.3, -0.25) is 4.79 Å². The highest BCUT2D eigenvalue weighted by Gasteiger charge is 2.33. The Kier molecular flexibility index (Phi) is 3.04. The molecule has 0 unspecified atom stereocenters. The molecule has 1 aliphatic heterocycles. The Hall–Kier alpha value is -3.65. The van der Waals surface area contributed by atoms with Gasteiger partial charge in [-0.15, -0.1) is 0 Å². The first-order chi connectivity index (χ1) is 11.7. The summed E-state index contributed by atoms with van der Waals surface area (Å²) in [6, 6.07) is 16.1. The summed E-state index contributed by atoms with van der Waals surface area (Å²) >= 11 is 0. The molecule has 0 bridgehead atoms. The van der Waals surface area contributed by atoms with Crippen molar-refractivity contribution < 1.29 is 9.90 Å². The summed E-state index contributed by atoms with van der Waals surface area (Å²) < 4.78 is 0. The molecule has 2 N–H and O–H groups in total. The van der Waals surface area contributed by atoms with Gasteiger partial charge >= 0.3 is 0 Å². The summed E-state index contributed by atoms with van der Waals surface area (Å²) in [6.07, 6.45) is 0. The Morgan fingerprint density at radius 3 is 2.50 bits per heavy atom. The van der Waals surface area contributed by atoms with Gasteiger partial charge in [0, 0.05) is 5.56 Å². The van der Waals surface area contributed by atoms with Crippen LogP contribution >= 0.6 is 0 Å². The van der Waals surface area contributed by atoms with E-state index in [0.717, 1.165) is 5.56 Å². The Balaban J connectivity index is 1.91. The quantitative estimate of drug-likeness (QED) is 0.704. The fraction of sp³-hybridized carbons (Fsp3) is 0. The normalized spacial score (nSPS) is 12.6. The smallest absolute Gasteiger partial charge is 0.280 e. The predicted octanol–water partition coefficient (Wildman–Crippen LogP) is 3.93. The van der Waals surface area contributed by atoms with Gasteiger partial charge in [-0.25, -0.2) is 9.84 Å². The van der Waals surface area contributed by atoms with E-state index in [1.54, 1.807) is 24.3 Å². The number of fused-ring (bicyclic) bond motifs is 1. The van der Waals surface area contributed by atoms with Crippen molar-refractivity contribution in [3.8, 4) is 17.1 Å². The van der Waals surface area contributed by atoms with Crippen molar-refractivity contribution in [2.24, 2.45) is 4.99 Å². The number of aromatic nitrogens is 1. The number of nitrogens with zero attached hydrogens (tertiary/aromatic N) is 2. The van der Waals surface area contributed by atoms with Gasteiger partial charge in [0.1, 0.15) is 0 Å². The molecule has 1 aliphatic rings. The fourth-order valence-corrected chi connectivity index (χ4v) is 2.90. The fourth-order valence-electron chi connectivity index (χ4n) is 2.90. The number of benzene rings is 2. The molecule has 4 rings (SSSR count). The van der Waals surface area contributed by atoms with Crippen LogP contribution in [0.2, 0.25) is 0 Å². The average Bonchev–Trinajstić information content (AvgIpc) is 3.15. The molecule has 2 aromatic carbocycles. The number of aromatic hydroxyl groups is 1. The molecule has 2 heterocycles. The van der Waals surface area contributed by atoms with Crippen molar-refractivity contribution in [3.63, 3.8) is 0 Å². The van der Waals surface area contributed by atoms with Crippen molar-refractivity contribution in [1.82, 2.24) is 4.98 Å². The summed E-state index contributed by atoms with van der Waals surface area (Å²) in [5.74, 6) is -0.495. The summed E-state index contributed by atoms with van der Waals surface area (Å²) in [4.78, 5) is 22.8. The number of aliphatic imine (C=N–C) groups is 1. The van der Waals surface area contributed by atoms with E-state index < -0.39 is 5.91 Å². The monoisotopic (exact) mass is 313 g/mol. The van der Waals surface area contributed by atoms with Gasteiger partial charge in [-0.1, -0.05) is 48.5 Å². The van der Waals surface area contributed by atoms with Gasteiger partial charge in [-0.2, -0.15) is 0 Å². The van der Waals surface area contributed by atoms with Crippen LogP contribution in [0.25, 0.3) is 16.1 Å². The minimum atomic E-state index is -0.399. The third kappa shape index (κ3) is 2.02. The molecule has 0 atom stereocenters. The van der Waals surface area contributed by atoms with Crippen LogP contribution in [0.3, 0.4) is 0 Å². The predicted molar refractivity (Wildman–Crippen MR) is 90.6 cm³/mol. The van der Waals surface area contributed by atoms with Crippen LogP contribution in [0.5, 0.6) is 5.88 Å². The molecular formula is C19H11N3O2. The maximum Gasteiger partial charge on any atom is 0.280 e. The molecule has 0 saturated heterocycles. The van der Waals surface area contributed by atoms with Crippen LogP contribution in [0.1, 0.15) is 21.5 Å². The highest BCUT2D eigenvalue weighted by molar-refractivity contribution is 6.30. The van der Waals surface area contributed by atoms with Crippen molar-refractivity contribution in [2.75, 3.05) is 0 Å². The summed E-state index contributed by atoms with van der Waals surface area (Å²) in [6.45, 7) is 7.12. The largest absolute Gasteiger partial charge is 0.494 e. The molecule has 24 heavy (non-hydrogen) atoms. The molecule has 3 aromatic rings. The van der Waals surface area contributed by atoms with Crippen molar-refractivity contribution in [3.05, 3.63) is 82.7 Å². The molecule has 0 saturated carbocycles. The van der Waals surface area contributed by atoms with Gasteiger partial charge in [0.15, 0.2) is 11.6 Å². The topological polar surface area (TPSA) is 69.8 Å². The van der Waals surface area contributed by atoms with E-state index in [-0.39, 0.29) is 5.88 Å². The lowest BCUT2D eigenvalue weighted by Crippen LogP contribution is -1.99. The maximum atomic E-state index is 12.4. The second kappa shape index (κ2) is 5.21. The number of H-pyrrole nitrogens is 1. The van der Waals surface area contributed by atoms with Crippen LogP contribution in [0.15, 0.2) is 59.6 Å². The first kappa shape index (κ1) is 14.0. The van der Waals surface area contributed by atoms with E-state index in [4.69, 9.17) is 6.57 Å². The number of amides is 1. The van der Waals surface area contributed by atoms with Crippen molar-refractivity contribution in [1.29, 1.82) is 0 Å². The van der Waals surface area contributed by atoms with E-state index >= 15 is 0 Å². The van der Waals surface area contributed by atoms with E-state index in [9.17, 15) is 9.90 Å². The number of aromatic amines is 1. The molecule has 0 spiro atoms. The van der Waals surface area contributed by atoms with Crippen LogP contribution in [-0.4, -0.2) is 21.7 Å². The number of hydrogen-bond donors (Lipinski definition) is 2. The molecule has 114 valence electrons. The number of nitrogens with one attached hydrogen (secondary N) is 1. The summed E-state index contributed by atoms with van der Waals surface area (Å²) in [5.41, 5.74) is 3.58. The molecular weight excluding hydrogens is 302 g/mol. The molecule has 1 aromatic heterocycles. The molecule has 5 nitrogen and oxygen atoms in total. The van der Waals surface area contributed by atoms with Crippen molar-refractivity contribution in [2.45, 2.75) is 0 Å². The van der Waals surface area contributed by atoms with Gasteiger partial charge in [0.2, 0.25) is 0 Å². The second-order valence-electron chi connectivity index (χ2n) is 5.39. The highest BCUT2D eigenvalue weighted by atomic mass is 16.3.